The van der Waals surface area contributed by atoms with Crippen LogP contribution in [0.1, 0.15) is 24.2 Å². The van der Waals surface area contributed by atoms with Crippen molar-refractivity contribution in [1.29, 1.82) is 0 Å². The molecule has 5 nitrogen and oxygen atoms in total. The lowest BCUT2D eigenvalue weighted by Crippen LogP contribution is -2.25. The van der Waals surface area contributed by atoms with E-state index in [1.807, 2.05) is 4.72 Å². The number of allylic oxidation sites excluding steroid dienone is 1. The quantitative estimate of drug-likeness (QED) is 0.814. The van der Waals surface area contributed by atoms with E-state index in [1.165, 1.54) is 6.08 Å². The number of carboxylic acids is 1. The van der Waals surface area contributed by atoms with Crippen molar-refractivity contribution in [3.05, 3.63) is 41.0 Å². The van der Waals surface area contributed by atoms with Crippen LogP contribution in [-0.2, 0) is 10.0 Å². The Kier molecular flexibility index (Phi) is 4.96. The zero-order valence-corrected chi connectivity index (χ0v) is 11.6. The van der Waals surface area contributed by atoms with Crippen LogP contribution in [0.2, 0.25) is 0 Å². The second-order valence-electron chi connectivity index (χ2n) is 4.21. The van der Waals surface area contributed by atoms with Crippen LogP contribution in [0, 0.1) is 11.6 Å². The number of hydrogen-bond acceptors (Lipinski definition) is 3. The zero-order chi connectivity index (χ0) is 15.5. The molecule has 0 saturated carbocycles. The third-order valence-corrected chi connectivity index (χ3v) is 3.74. The van der Waals surface area contributed by atoms with Gasteiger partial charge in [-0.15, -0.1) is 0 Å². The second-order valence-corrected chi connectivity index (χ2v) is 5.94. The Morgan fingerprint density at radius 1 is 1.35 bits per heavy atom. The maximum atomic E-state index is 13.5. The predicted molar refractivity (Wildman–Crippen MR) is 67.9 cm³/mol. The number of rotatable bonds is 5. The van der Waals surface area contributed by atoms with E-state index in [9.17, 15) is 22.0 Å². The molecule has 2 N–H and O–H groups in total. The Hall–Kier alpha value is -1.80. The fourth-order valence-corrected chi connectivity index (χ4v) is 2.39. The van der Waals surface area contributed by atoms with E-state index in [2.05, 4.69) is 0 Å². The van der Waals surface area contributed by atoms with Gasteiger partial charge in [0, 0.05) is 6.54 Å². The molecule has 0 aliphatic carbocycles. The summed E-state index contributed by atoms with van der Waals surface area (Å²) in [5.74, 6) is -4.70. The van der Waals surface area contributed by atoms with Crippen molar-refractivity contribution in [2.45, 2.75) is 18.7 Å². The highest BCUT2D eigenvalue weighted by Crippen LogP contribution is 2.19. The highest BCUT2D eigenvalue weighted by Gasteiger charge is 2.24. The number of carbonyl (C=O) groups is 1. The van der Waals surface area contributed by atoms with Crippen LogP contribution in [-0.4, -0.2) is 26.0 Å². The molecule has 0 aliphatic rings. The highest BCUT2D eigenvalue weighted by molar-refractivity contribution is 7.89. The third kappa shape index (κ3) is 3.84. The molecular formula is C12H13F2NO4S. The number of benzene rings is 1. The summed E-state index contributed by atoms with van der Waals surface area (Å²) in [6, 6.07) is 0.998. The van der Waals surface area contributed by atoms with Crippen LogP contribution >= 0.6 is 0 Å². The minimum Gasteiger partial charge on any atom is -0.478 e. The largest absolute Gasteiger partial charge is 0.478 e. The first-order valence-electron chi connectivity index (χ1n) is 5.50. The lowest BCUT2D eigenvalue weighted by molar-refractivity contribution is 0.0696. The predicted octanol–water partition coefficient (Wildman–Crippen LogP) is 1.91. The van der Waals surface area contributed by atoms with Gasteiger partial charge in [-0.3, -0.25) is 0 Å². The van der Waals surface area contributed by atoms with Crippen LogP contribution in [0.15, 0.2) is 28.7 Å². The van der Waals surface area contributed by atoms with Crippen LogP contribution in [0.5, 0.6) is 0 Å². The monoisotopic (exact) mass is 305 g/mol. The number of aromatic carboxylic acids is 1. The molecule has 0 aromatic heterocycles. The summed E-state index contributed by atoms with van der Waals surface area (Å²) in [5.41, 5.74) is 0.185. The first-order chi connectivity index (χ1) is 9.15. The molecule has 1 aromatic carbocycles. The molecule has 0 radical (unpaired) electrons. The van der Waals surface area contributed by atoms with Gasteiger partial charge < -0.3 is 5.11 Å². The molecular weight excluding hydrogens is 292 g/mol. The van der Waals surface area contributed by atoms with Gasteiger partial charge in [0.1, 0.15) is 4.90 Å². The first kappa shape index (κ1) is 16.3. The van der Waals surface area contributed by atoms with Crippen molar-refractivity contribution in [2.75, 3.05) is 6.54 Å². The van der Waals surface area contributed by atoms with Crippen molar-refractivity contribution in [1.82, 2.24) is 4.72 Å². The Balaban J connectivity index is 3.24. The fraction of sp³-hybridized carbons (Fsp3) is 0.250. The maximum Gasteiger partial charge on any atom is 0.335 e. The lowest BCUT2D eigenvalue weighted by atomic mass is 10.2. The van der Waals surface area contributed by atoms with E-state index in [0.29, 0.717) is 12.1 Å². The van der Waals surface area contributed by atoms with Crippen molar-refractivity contribution >= 4 is 16.0 Å². The van der Waals surface area contributed by atoms with Gasteiger partial charge in [0.15, 0.2) is 11.6 Å². The molecule has 110 valence electrons. The summed E-state index contributed by atoms with van der Waals surface area (Å²) in [6.45, 7) is 3.36. The third-order valence-electron chi connectivity index (χ3n) is 2.31. The SMILES string of the molecule is CC(C)=CCNS(=O)(=O)c1cc(C(=O)O)cc(F)c1F. The number of sulfonamides is 1. The molecule has 0 unspecified atom stereocenters. The smallest absolute Gasteiger partial charge is 0.335 e. The molecule has 0 bridgehead atoms. The summed E-state index contributed by atoms with van der Waals surface area (Å²) in [5, 5.41) is 8.73. The Bertz CT molecular complexity index is 664. The summed E-state index contributed by atoms with van der Waals surface area (Å²) in [6.07, 6.45) is 1.53. The van der Waals surface area contributed by atoms with Crippen LogP contribution in [0.4, 0.5) is 8.78 Å². The normalized spacial score (nSPS) is 11.2. The van der Waals surface area contributed by atoms with Gasteiger partial charge in [-0.25, -0.2) is 26.7 Å². The van der Waals surface area contributed by atoms with E-state index < -0.39 is 38.1 Å². The summed E-state index contributed by atoms with van der Waals surface area (Å²) < 4.78 is 52.4. The average molecular weight is 305 g/mol. The first-order valence-corrected chi connectivity index (χ1v) is 6.99. The standard InChI is InChI=1S/C12H13F2NO4S/c1-7(2)3-4-15-20(18,19)10-6-8(12(16)17)5-9(13)11(10)14/h3,5-6,15H,4H2,1-2H3,(H,16,17). The number of halogens is 2. The highest BCUT2D eigenvalue weighted by atomic mass is 32.2. The van der Waals surface area contributed by atoms with Gasteiger partial charge in [-0.05, 0) is 26.0 Å². The summed E-state index contributed by atoms with van der Waals surface area (Å²) >= 11 is 0. The van der Waals surface area contributed by atoms with Crippen molar-refractivity contribution < 1.29 is 27.1 Å². The molecule has 0 amide bonds. The summed E-state index contributed by atoms with van der Waals surface area (Å²) in [4.78, 5) is 9.70. The number of nitrogens with one attached hydrogen (secondary N) is 1. The van der Waals surface area contributed by atoms with Gasteiger partial charge in [0.2, 0.25) is 10.0 Å². The van der Waals surface area contributed by atoms with Crippen LogP contribution in [0.3, 0.4) is 0 Å². The Morgan fingerprint density at radius 3 is 2.45 bits per heavy atom. The van der Waals surface area contributed by atoms with Gasteiger partial charge >= 0.3 is 5.97 Å². The van der Waals surface area contributed by atoms with Gasteiger partial charge in [0.25, 0.3) is 0 Å². The van der Waals surface area contributed by atoms with Crippen molar-refractivity contribution in [3.8, 4) is 0 Å². The zero-order valence-electron chi connectivity index (χ0n) is 10.8. The maximum absolute atomic E-state index is 13.5. The van der Waals surface area contributed by atoms with E-state index in [0.717, 1.165) is 5.57 Å². The molecule has 1 aromatic rings. The second kappa shape index (κ2) is 6.10. The molecule has 0 saturated heterocycles. The lowest BCUT2D eigenvalue weighted by Gasteiger charge is -2.08. The minimum atomic E-state index is -4.34. The topological polar surface area (TPSA) is 83.5 Å². The van der Waals surface area contributed by atoms with Crippen molar-refractivity contribution in [2.24, 2.45) is 0 Å². The molecule has 1 rings (SSSR count). The van der Waals surface area contributed by atoms with E-state index in [-0.39, 0.29) is 6.54 Å². The average Bonchev–Trinajstić information content (AvgIpc) is 2.31. The van der Waals surface area contributed by atoms with E-state index >= 15 is 0 Å². The molecule has 0 aliphatic heterocycles. The van der Waals surface area contributed by atoms with Gasteiger partial charge in [-0.2, -0.15) is 0 Å². The fourth-order valence-electron chi connectivity index (χ4n) is 1.32. The van der Waals surface area contributed by atoms with E-state index in [4.69, 9.17) is 5.11 Å². The molecule has 0 spiro atoms. The number of carboxylic acid groups (broad SMARTS) is 1. The molecule has 0 atom stereocenters. The van der Waals surface area contributed by atoms with Crippen LogP contribution < -0.4 is 4.72 Å². The molecule has 0 heterocycles. The number of hydrogen-bond donors (Lipinski definition) is 2. The van der Waals surface area contributed by atoms with E-state index in [1.54, 1.807) is 13.8 Å². The van der Waals surface area contributed by atoms with Crippen LogP contribution in [0.25, 0.3) is 0 Å². The van der Waals surface area contributed by atoms with Crippen molar-refractivity contribution in [3.63, 3.8) is 0 Å². The molecule has 0 fully saturated rings. The minimum absolute atomic E-state index is 0.108. The van der Waals surface area contributed by atoms with Gasteiger partial charge in [-0.1, -0.05) is 11.6 Å². The summed E-state index contributed by atoms with van der Waals surface area (Å²) in [7, 11) is -4.34. The molecule has 20 heavy (non-hydrogen) atoms. The van der Waals surface area contributed by atoms with Gasteiger partial charge in [0.05, 0.1) is 5.56 Å². The Labute approximate surface area is 115 Å². The Morgan fingerprint density at radius 2 is 1.95 bits per heavy atom. The molecule has 8 heteroatoms.